The van der Waals surface area contributed by atoms with Crippen molar-refractivity contribution in [2.45, 2.75) is 94.7 Å². The van der Waals surface area contributed by atoms with Gasteiger partial charge in [0.05, 0.1) is 11.6 Å². The minimum absolute atomic E-state index is 0.0748. The molecule has 2 saturated carbocycles. The minimum Gasteiger partial charge on any atom is -0.460 e. The van der Waals surface area contributed by atoms with Gasteiger partial charge in [-0.3, -0.25) is 9.59 Å². The number of nitrogens with one attached hydrogen (secondary N) is 1. The van der Waals surface area contributed by atoms with Crippen LogP contribution >= 0.6 is 11.3 Å². The van der Waals surface area contributed by atoms with Gasteiger partial charge in [-0.1, -0.05) is 36.3 Å². The summed E-state index contributed by atoms with van der Waals surface area (Å²) < 4.78 is 7.95. The van der Waals surface area contributed by atoms with Gasteiger partial charge in [0, 0.05) is 48.1 Å². The molecule has 0 unspecified atom stereocenters. The maximum absolute atomic E-state index is 13.5. The number of aliphatic imine (C=N–C) groups is 1. The summed E-state index contributed by atoms with van der Waals surface area (Å²) in [5.41, 5.74) is 2.32. The zero-order valence-corrected chi connectivity index (χ0v) is 30.3. The number of carbonyl (C=O) groups is 3. The summed E-state index contributed by atoms with van der Waals surface area (Å²) in [5.74, 6) is -1.38. The van der Waals surface area contributed by atoms with E-state index in [1.165, 1.54) is 29.6 Å². The number of nitrogens with zero attached hydrogens (tertiary/aromatic N) is 5. The lowest BCUT2D eigenvalue weighted by Gasteiger charge is -2.37. The molecule has 3 N–H and O–H groups in total. The highest BCUT2D eigenvalue weighted by atomic mass is 32.1. The molecule has 4 aliphatic rings. The lowest BCUT2D eigenvalue weighted by Crippen LogP contribution is -2.45. The Bertz CT molecular complexity index is 1920. The van der Waals surface area contributed by atoms with E-state index in [-0.39, 0.29) is 30.1 Å². The van der Waals surface area contributed by atoms with E-state index in [0.717, 1.165) is 87.5 Å². The highest BCUT2D eigenvalue weighted by Crippen LogP contribution is 2.43. The number of esters is 1. The standard InChI is InChI=1S/C39H46N6O6S/c1-44(27-10-12-28(13-11-27)51-38(49)39(50,26-6-2-3-7-26)35-8-4-21-52-35)19-5-20-45-32-16-9-25(22-31(32)42-43-45)23-40-24-34(47)29-14-17-33(46)37-30(29)15-18-36(48)41-37/h4,8-9,14-18,21-22,26-28,34,40,47,50H,2-3,5-7,10-13,19-20,23-24H2,1H3/t27?,28?,34-,39+/m0/s1. The number of aliphatic hydroxyl groups excluding tert-OH is 1. The highest BCUT2D eigenvalue weighted by Gasteiger charge is 2.49. The lowest BCUT2D eigenvalue weighted by molar-refractivity contribution is -0.180. The third-order valence-corrected chi connectivity index (χ3v) is 12.0. The largest absolute Gasteiger partial charge is 0.460 e. The number of amides is 1. The second-order valence-corrected chi connectivity index (χ2v) is 15.3. The molecule has 12 nitrogen and oxygen atoms in total. The molecule has 0 saturated heterocycles. The van der Waals surface area contributed by atoms with E-state index in [2.05, 4.69) is 32.6 Å². The van der Waals surface area contributed by atoms with Crippen LogP contribution < -0.4 is 5.32 Å². The molecule has 3 heterocycles. The van der Waals surface area contributed by atoms with Crippen molar-refractivity contribution in [3.05, 3.63) is 81.6 Å². The zero-order chi connectivity index (χ0) is 36.2. The smallest absolute Gasteiger partial charge is 0.344 e. The van der Waals surface area contributed by atoms with Crippen molar-refractivity contribution in [1.29, 1.82) is 0 Å². The van der Waals surface area contributed by atoms with E-state index in [1.807, 2.05) is 40.4 Å². The van der Waals surface area contributed by atoms with Gasteiger partial charge in [0.1, 0.15) is 17.3 Å². The molecule has 1 aromatic carbocycles. The number of ketones is 1. The van der Waals surface area contributed by atoms with Crippen LogP contribution in [0.1, 0.15) is 68.2 Å². The third-order valence-electron chi connectivity index (χ3n) is 11.0. The van der Waals surface area contributed by atoms with Crippen molar-refractivity contribution >= 4 is 45.7 Å². The summed E-state index contributed by atoms with van der Waals surface area (Å²) in [6.07, 6.45) is 12.9. The van der Waals surface area contributed by atoms with Gasteiger partial charge in [-0.15, -0.1) is 16.4 Å². The molecular formula is C39H46N6O6S. The summed E-state index contributed by atoms with van der Waals surface area (Å²) in [6.45, 7) is 2.39. The molecular weight excluding hydrogens is 681 g/mol. The first-order valence-electron chi connectivity index (χ1n) is 18.4. The topological polar surface area (TPSA) is 159 Å². The number of aryl methyl sites for hydroxylation is 1. The van der Waals surface area contributed by atoms with Crippen LogP contribution in [0.25, 0.3) is 11.0 Å². The van der Waals surface area contributed by atoms with Gasteiger partial charge >= 0.3 is 5.97 Å². The summed E-state index contributed by atoms with van der Waals surface area (Å²) in [4.78, 5) is 44.2. The molecule has 13 heteroatoms. The minimum atomic E-state index is -1.54. The number of aliphatic hydroxyl groups is 2. The Kier molecular flexibility index (Phi) is 11.0. The van der Waals surface area contributed by atoms with Gasteiger partial charge < -0.3 is 25.2 Å². The number of fused-ring (bicyclic) bond motifs is 2. The second-order valence-electron chi connectivity index (χ2n) is 14.4. The Morgan fingerprint density at radius 1 is 1.10 bits per heavy atom. The fraction of sp³-hybridized carbons (Fsp3) is 0.487. The number of aromatic nitrogens is 3. The highest BCUT2D eigenvalue weighted by molar-refractivity contribution is 7.10. The van der Waals surface area contributed by atoms with E-state index < -0.39 is 23.6 Å². The number of rotatable bonds is 14. The Balaban J connectivity index is 0.851. The SMILES string of the molecule is CN(CCCn1nnc2cc(CNC[C@H](O)C3=C4C=CC(=O)N=C4C(=O)C=C3)ccc21)C1CCC(OC(=O)[C@](O)(c2cccs2)C2CCCC2)CC1. The molecule has 2 atom stereocenters. The number of carbonyl (C=O) groups excluding carboxylic acids is 3. The average Bonchev–Trinajstić information content (AvgIpc) is 3.96. The van der Waals surface area contributed by atoms with Crippen molar-refractivity contribution in [1.82, 2.24) is 25.2 Å². The van der Waals surface area contributed by atoms with Crippen LogP contribution in [0.2, 0.25) is 0 Å². The van der Waals surface area contributed by atoms with Gasteiger partial charge in [-0.25, -0.2) is 14.5 Å². The molecule has 1 amide bonds. The monoisotopic (exact) mass is 726 g/mol. The van der Waals surface area contributed by atoms with Crippen molar-refractivity contribution in [2.24, 2.45) is 10.9 Å². The van der Waals surface area contributed by atoms with Crippen LogP contribution in [0.15, 0.2) is 76.2 Å². The molecule has 3 aromatic rings. The van der Waals surface area contributed by atoms with Crippen LogP contribution in [-0.4, -0.2) is 91.9 Å². The molecule has 0 bridgehead atoms. The predicted octanol–water partition coefficient (Wildman–Crippen LogP) is 4.17. The summed E-state index contributed by atoms with van der Waals surface area (Å²) >= 11 is 1.43. The Hall–Kier alpha value is -4.14. The molecule has 7 rings (SSSR count). The van der Waals surface area contributed by atoms with Crippen LogP contribution in [0.4, 0.5) is 0 Å². The maximum atomic E-state index is 13.5. The second kappa shape index (κ2) is 15.8. The first-order chi connectivity index (χ1) is 25.2. The molecule has 2 aromatic heterocycles. The van der Waals surface area contributed by atoms with Gasteiger partial charge in [0.2, 0.25) is 5.78 Å². The molecule has 3 aliphatic carbocycles. The Labute approximate surface area is 306 Å². The van der Waals surface area contributed by atoms with Crippen molar-refractivity contribution < 1.29 is 29.3 Å². The molecule has 2 fully saturated rings. The number of allylic oxidation sites excluding steroid dienone is 3. The molecule has 52 heavy (non-hydrogen) atoms. The normalized spacial score (nSPS) is 22.6. The molecule has 1 aliphatic heterocycles. The Morgan fingerprint density at radius 3 is 2.67 bits per heavy atom. The number of thiophene rings is 1. The zero-order valence-electron chi connectivity index (χ0n) is 29.4. The molecule has 274 valence electrons. The van der Waals surface area contributed by atoms with Crippen LogP contribution in [0.5, 0.6) is 0 Å². The van der Waals surface area contributed by atoms with E-state index in [1.54, 1.807) is 6.08 Å². The Morgan fingerprint density at radius 2 is 1.90 bits per heavy atom. The quantitative estimate of drug-likeness (QED) is 0.163. The lowest BCUT2D eigenvalue weighted by atomic mass is 9.84. The maximum Gasteiger partial charge on any atom is 0.344 e. The van der Waals surface area contributed by atoms with Crippen molar-refractivity contribution in [3.8, 4) is 0 Å². The fourth-order valence-corrected chi connectivity index (χ4v) is 8.94. The number of hydrogen-bond acceptors (Lipinski definition) is 11. The van der Waals surface area contributed by atoms with Crippen LogP contribution in [-0.2, 0) is 37.8 Å². The predicted molar refractivity (Wildman–Crippen MR) is 198 cm³/mol. The number of dihydropyridines is 1. The summed E-state index contributed by atoms with van der Waals surface area (Å²) in [6, 6.07) is 10.2. The van der Waals surface area contributed by atoms with E-state index in [0.29, 0.717) is 28.6 Å². The summed E-state index contributed by atoms with van der Waals surface area (Å²) in [5, 5.41) is 36.5. The van der Waals surface area contributed by atoms with Crippen LogP contribution in [0, 0.1) is 5.92 Å². The van der Waals surface area contributed by atoms with Gasteiger partial charge in [0.25, 0.3) is 5.91 Å². The van der Waals surface area contributed by atoms with E-state index in [4.69, 9.17) is 4.74 Å². The third kappa shape index (κ3) is 7.65. The van der Waals surface area contributed by atoms with Crippen LogP contribution in [0.3, 0.4) is 0 Å². The number of hydrogen-bond donors (Lipinski definition) is 3. The van der Waals surface area contributed by atoms with Crippen molar-refractivity contribution in [3.63, 3.8) is 0 Å². The van der Waals surface area contributed by atoms with Crippen molar-refractivity contribution in [2.75, 3.05) is 20.1 Å². The number of benzene rings is 1. The fourth-order valence-electron chi connectivity index (χ4n) is 8.05. The molecule has 0 radical (unpaired) electrons. The van der Waals surface area contributed by atoms with E-state index in [9.17, 15) is 24.6 Å². The number of ether oxygens (including phenoxy) is 1. The van der Waals surface area contributed by atoms with E-state index >= 15 is 0 Å². The summed E-state index contributed by atoms with van der Waals surface area (Å²) in [7, 11) is 2.16. The van der Waals surface area contributed by atoms with Gasteiger partial charge in [0.15, 0.2) is 5.60 Å². The first-order valence-corrected chi connectivity index (χ1v) is 19.2. The first kappa shape index (κ1) is 36.2. The van der Waals surface area contributed by atoms with Gasteiger partial charge in [-0.2, -0.15) is 0 Å². The molecule has 0 spiro atoms. The average molecular weight is 727 g/mol. The van der Waals surface area contributed by atoms with Gasteiger partial charge in [-0.05, 0) is 105 Å².